The second kappa shape index (κ2) is 7.43. The van der Waals surface area contributed by atoms with Crippen LogP contribution in [0.4, 0.5) is 0 Å². The smallest absolute Gasteiger partial charge is 0.355 e. The number of aliphatic hydroxyl groups is 1. The van der Waals surface area contributed by atoms with Gasteiger partial charge < -0.3 is 19.5 Å². The van der Waals surface area contributed by atoms with Crippen LogP contribution in [0.5, 0.6) is 0 Å². The molecule has 6 heteroatoms. The number of β-lactam (4-membered cyclic amide) rings is 1. The maximum absolute atomic E-state index is 12.6. The van der Waals surface area contributed by atoms with Gasteiger partial charge in [-0.2, -0.15) is 0 Å². The lowest BCUT2D eigenvalue weighted by molar-refractivity contribution is -0.162. The lowest BCUT2D eigenvalue weighted by atomic mass is 9.82. The molecule has 0 radical (unpaired) electrons. The zero-order chi connectivity index (χ0) is 18.8. The standard InChI is InChI=1S/C20H23NO5/c1-4-10-26-20(24)17-14(18(25-3)13-8-6-5-7-9-13)11-15-16(12(2)22)19(23)21(15)17/h4-9,12,15-16,18,22H,1,10-11H2,2-3H3/t12-,15-,16-,18?/m1/s1. The predicted molar refractivity (Wildman–Crippen MR) is 94.8 cm³/mol. The summed E-state index contributed by atoms with van der Waals surface area (Å²) in [5.74, 6) is -1.34. The van der Waals surface area contributed by atoms with Gasteiger partial charge in [0.1, 0.15) is 18.4 Å². The molecule has 0 spiro atoms. The van der Waals surface area contributed by atoms with Gasteiger partial charge in [0.05, 0.1) is 18.1 Å². The number of ether oxygens (including phenoxy) is 2. The van der Waals surface area contributed by atoms with Crippen LogP contribution in [0.1, 0.15) is 25.0 Å². The van der Waals surface area contributed by atoms with E-state index in [1.165, 1.54) is 11.0 Å². The van der Waals surface area contributed by atoms with Gasteiger partial charge in [-0.05, 0) is 24.5 Å². The molecule has 1 unspecified atom stereocenters. The minimum Gasteiger partial charge on any atom is -0.457 e. The van der Waals surface area contributed by atoms with Crippen LogP contribution in [-0.2, 0) is 19.1 Å². The van der Waals surface area contributed by atoms with E-state index in [2.05, 4.69) is 6.58 Å². The summed E-state index contributed by atoms with van der Waals surface area (Å²) < 4.78 is 10.9. The van der Waals surface area contributed by atoms with E-state index in [1.54, 1.807) is 14.0 Å². The number of amides is 1. The molecular weight excluding hydrogens is 334 g/mol. The summed E-state index contributed by atoms with van der Waals surface area (Å²) in [6.45, 7) is 5.20. The van der Waals surface area contributed by atoms with Gasteiger partial charge in [0.2, 0.25) is 5.91 Å². The first-order chi connectivity index (χ1) is 12.5. The molecule has 1 amide bonds. The van der Waals surface area contributed by atoms with Gasteiger partial charge in [-0.15, -0.1) is 0 Å². The van der Waals surface area contributed by atoms with Gasteiger partial charge in [-0.3, -0.25) is 4.79 Å². The first-order valence-electron chi connectivity index (χ1n) is 8.61. The fourth-order valence-corrected chi connectivity index (χ4v) is 3.84. The molecule has 1 saturated heterocycles. The van der Waals surface area contributed by atoms with Crippen LogP contribution in [0.2, 0.25) is 0 Å². The Kier molecular flexibility index (Phi) is 5.25. The molecule has 0 aromatic heterocycles. The number of rotatable bonds is 7. The molecule has 138 valence electrons. The summed E-state index contributed by atoms with van der Waals surface area (Å²) in [5, 5.41) is 9.93. The highest BCUT2D eigenvalue weighted by atomic mass is 16.5. The first kappa shape index (κ1) is 18.4. The quantitative estimate of drug-likeness (QED) is 0.459. The highest BCUT2D eigenvalue weighted by Gasteiger charge is 2.57. The molecular formula is C20H23NO5. The zero-order valence-electron chi connectivity index (χ0n) is 14.9. The number of hydrogen-bond donors (Lipinski definition) is 1. The van der Waals surface area contributed by atoms with Gasteiger partial charge in [-0.1, -0.05) is 43.0 Å². The van der Waals surface area contributed by atoms with E-state index in [0.717, 1.165) is 5.56 Å². The number of fused-ring (bicyclic) bond motifs is 1. The Balaban J connectivity index is 2.00. The third-order valence-electron chi connectivity index (χ3n) is 4.94. The summed E-state index contributed by atoms with van der Waals surface area (Å²) in [4.78, 5) is 26.6. The predicted octanol–water partition coefficient (Wildman–Crippen LogP) is 1.97. The van der Waals surface area contributed by atoms with E-state index in [9.17, 15) is 14.7 Å². The van der Waals surface area contributed by atoms with Gasteiger partial charge >= 0.3 is 5.97 Å². The highest BCUT2D eigenvalue weighted by molar-refractivity contribution is 6.00. The summed E-state index contributed by atoms with van der Waals surface area (Å²) in [7, 11) is 1.57. The van der Waals surface area contributed by atoms with Crippen molar-refractivity contribution in [3.05, 3.63) is 59.8 Å². The number of nitrogens with zero attached hydrogens (tertiary/aromatic N) is 1. The van der Waals surface area contributed by atoms with Gasteiger partial charge in [0.25, 0.3) is 0 Å². The fourth-order valence-electron chi connectivity index (χ4n) is 3.84. The Bertz CT molecular complexity index is 740. The molecule has 2 aliphatic rings. The molecule has 0 aliphatic carbocycles. The molecule has 3 rings (SSSR count). The van der Waals surface area contributed by atoms with Gasteiger partial charge in [0, 0.05) is 7.11 Å². The van der Waals surface area contributed by atoms with E-state index < -0.39 is 24.1 Å². The van der Waals surface area contributed by atoms with Crippen LogP contribution in [0.25, 0.3) is 0 Å². The molecule has 2 heterocycles. The van der Waals surface area contributed by atoms with Crippen molar-refractivity contribution in [2.24, 2.45) is 5.92 Å². The van der Waals surface area contributed by atoms with Crippen LogP contribution in [0, 0.1) is 5.92 Å². The third-order valence-corrected chi connectivity index (χ3v) is 4.94. The summed E-state index contributed by atoms with van der Waals surface area (Å²) in [6.07, 6.45) is 0.709. The Hall–Kier alpha value is -2.44. The second-order valence-corrected chi connectivity index (χ2v) is 6.53. The zero-order valence-corrected chi connectivity index (χ0v) is 14.9. The number of aliphatic hydroxyl groups excluding tert-OH is 1. The number of carbonyl (C=O) groups is 2. The average molecular weight is 357 g/mol. The van der Waals surface area contributed by atoms with Crippen molar-refractivity contribution < 1.29 is 24.2 Å². The normalized spacial score (nSPS) is 24.0. The average Bonchev–Trinajstić information content (AvgIpc) is 2.96. The van der Waals surface area contributed by atoms with E-state index in [0.29, 0.717) is 12.0 Å². The van der Waals surface area contributed by atoms with Crippen molar-refractivity contribution in [2.45, 2.75) is 31.6 Å². The van der Waals surface area contributed by atoms with E-state index in [-0.39, 0.29) is 24.3 Å². The van der Waals surface area contributed by atoms with Crippen molar-refractivity contribution in [3.8, 4) is 0 Å². The molecule has 0 bridgehead atoms. The summed E-state index contributed by atoms with van der Waals surface area (Å²) >= 11 is 0. The third kappa shape index (κ3) is 2.95. The van der Waals surface area contributed by atoms with E-state index in [1.807, 2.05) is 30.3 Å². The minimum atomic E-state index is -0.772. The molecule has 2 aliphatic heterocycles. The fraction of sp³-hybridized carbons (Fsp3) is 0.400. The lowest BCUT2D eigenvalue weighted by Gasteiger charge is -2.44. The molecule has 26 heavy (non-hydrogen) atoms. The SMILES string of the molecule is C=CCOC(=O)C1=C(C(OC)c2ccccc2)C[C@@H]2[C@@H]([C@@H](C)O)C(=O)N12. The van der Waals surface area contributed by atoms with Gasteiger partial charge in [-0.25, -0.2) is 4.79 Å². The van der Waals surface area contributed by atoms with Crippen LogP contribution in [-0.4, -0.2) is 47.7 Å². The summed E-state index contributed by atoms with van der Waals surface area (Å²) in [6, 6.07) is 9.27. The van der Waals surface area contributed by atoms with Gasteiger partial charge in [0.15, 0.2) is 0 Å². The van der Waals surface area contributed by atoms with Crippen LogP contribution < -0.4 is 0 Å². The second-order valence-electron chi connectivity index (χ2n) is 6.53. The Morgan fingerprint density at radius 3 is 2.69 bits per heavy atom. The number of carbonyl (C=O) groups excluding carboxylic acids is 2. The van der Waals surface area contributed by atoms with Crippen LogP contribution >= 0.6 is 0 Å². The van der Waals surface area contributed by atoms with Crippen LogP contribution in [0.15, 0.2) is 54.3 Å². The molecule has 1 N–H and O–H groups in total. The molecule has 1 aromatic rings. The van der Waals surface area contributed by atoms with Crippen molar-refractivity contribution in [1.82, 2.24) is 4.90 Å². The summed E-state index contributed by atoms with van der Waals surface area (Å²) in [5.41, 5.74) is 1.83. The van der Waals surface area contributed by atoms with E-state index >= 15 is 0 Å². The number of esters is 1. The monoisotopic (exact) mass is 357 g/mol. The van der Waals surface area contributed by atoms with Crippen LogP contribution in [0.3, 0.4) is 0 Å². The Labute approximate surface area is 152 Å². The number of benzene rings is 1. The molecule has 6 nitrogen and oxygen atoms in total. The highest BCUT2D eigenvalue weighted by Crippen LogP contribution is 2.48. The minimum absolute atomic E-state index is 0.0606. The lowest BCUT2D eigenvalue weighted by Crippen LogP contribution is -2.61. The number of hydrogen-bond acceptors (Lipinski definition) is 5. The maximum atomic E-state index is 12.6. The molecule has 1 fully saturated rings. The molecule has 0 saturated carbocycles. The Morgan fingerprint density at radius 1 is 1.42 bits per heavy atom. The van der Waals surface area contributed by atoms with Crippen molar-refractivity contribution in [2.75, 3.05) is 13.7 Å². The Morgan fingerprint density at radius 2 is 2.12 bits per heavy atom. The number of methoxy groups -OCH3 is 1. The maximum Gasteiger partial charge on any atom is 0.355 e. The van der Waals surface area contributed by atoms with E-state index in [4.69, 9.17) is 9.47 Å². The largest absolute Gasteiger partial charge is 0.457 e. The first-order valence-corrected chi connectivity index (χ1v) is 8.61. The van der Waals surface area contributed by atoms with Crippen molar-refractivity contribution >= 4 is 11.9 Å². The molecule has 1 aromatic carbocycles. The van der Waals surface area contributed by atoms with Crippen molar-refractivity contribution in [1.29, 1.82) is 0 Å². The van der Waals surface area contributed by atoms with Crippen molar-refractivity contribution in [3.63, 3.8) is 0 Å². The topological polar surface area (TPSA) is 76.1 Å². The molecule has 4 atom stereocenters.